The summed E-state index contributed by atoms with van der Waals surface area (Å²) in [5.41, 5.74) is 6.81. The normalized spacial score (nSPS) is 9.18. The van der Waals surface area contributed by atoms with Crippen molar-refractivity contribution in [1.82, 2.24) is 0 Å². The molecule has 56 valence electrons. The van der Waals surface area contributed by atoms with Gasteiger partial charge < -0.3 is 5.73 Å². The third-order valence-corrected chi connectivity index (χ3v) is 1.54. The van der Waals surface area contributed by atoms with Gasteiger partial charge in [-0.1, -0.05) is 11.6 Å². The van der Waals surface area contributed by atoms with Gasteiger partial charge in [0.25, 0.3) is 0 Å². The maximum absolute atomic E-state index is 8.53. The number of hydrogen-bond acceptors (Lipinski definition) is 2. The maximum atomic E-state index is 8.53. The SMILES string of the molecule is N#Cc1cc(Cl)cc(CN)c1. The molecule has 0 radical (unpaired) electrons. The fraction of sp³-hybridized carbons (Fsp3) is 0.125. The van der Waals surface area contributed by atoms with Gasteiger partial charge in [-0.25, -0.2) is 0 Å². The van der Waals surface area contributed by atoms with Crippen molar-refractivity contribution in [2.24, 2.45) is 5.73 Å². The van der Waals surface area contributed by atoms with E-state index in [2.05, 4.69) is 0 Å². The second kappa shape index (κ2) is 3.38. The Morgan fingerprint density at radius 1 is 1.45 bits per heavy atom. The predicted molar refractivity (Wildman–Crippen MR) is 44.1 cm³/mol. The molecular formula is C8H7ClN2. The molecule has 0 aromatic heterocycles. The first-order valence-electron chi connectivity index (χ1n) is 3.16. The zero-order chi connectivity index (χ0) is 8.27. The highest BCUT2D eigenvalue weighted by Gasteiger charge is 1.96. The lowest BCUT2D eigenvalue weighted by atomic mass is 10.1. The van der Waals surface area contributed by atoms with Gasteiger partial charge in [0.05, 0.1) is 11.6 Å². The number of hydrogen-bond donors (Lipinski definition) is 1. The van der Waals surface area contributed by atoms with E-state index in [0.29, 0.717) is 17.1 Å². The van der Waals surface area contributed by atoms with Crippen molar-refractivity contribution in [2.75, 3.05) is 0 Å². The molecule has 3 heteroatoms. The van der Waals surface area contributed by atoms with E-state index in [1.807, 2.05) is 6.07 Å². The summed E-state index contributed by atoms with van der Waals surface area (Å²) in [6.45, 7) is 0.412. The van der Waals surface area contributed by atoms with E-state index in [1.165, 1.54) is 0 Å². The van der Waals surface area contributed by atoms with Gasteiger partial charge in [-0.2, -0.15) is 5.26 Å². The molecule has 0 saturated carbocycles. The fourth-order valence-corrected chi connectivity index (χ4v) is 1.09. The minimum Gasteiger partial charge on any atom is -0.326 e. The molecule has 0 aliphatic rings. The molecule has 0 unspecified atom stereocenters. The van der Waals surface area contributed by atoms with Crippen LogP contribution in [0.2, 0.25) is 5.02 Å². The average molecular weight is 167 g/mol. The lowest BCUT2D eigenvalue weighted by Gasteiger charge is -1.97. The van der Waals surface area contributed by atoms with Crippen LogP contribution in [0.25, 0.3) is 0 Å². The molecule has 2 nitrogen and oxygen atoms in total. The Bertz CT molecular complexity index is 301. The summed E-state index contributed by atoms with van der Waals surface area (Å²) in [4.78, 5) is 0. The number of nitrogens with zero attached hydrogens (tertiary/aromatic N) is 1. The number of nitriles is 1. The highest BCUT2D eigenvalue weighted by Crippen LogP contribution is 2.13. The molecule has 0 heterocycles. The van der Waals surface area contributed by atoms with Gasteiger partial charge in [0.1, 0.15) is 0 Å². The summed E-state index contributed by atoms with van der Waals surface area (Å²) in [6.07, 6.45) is 0. The van der Waals surface area contributed by atoms with Gasteiger partial charge in [-0.05, 0) is 23.8 Å². The Balaban J connectivity index is 3.15. The monoisotopic (exact) mass is 166 g/mol. The second-order valence-electron chi connectivity index (χ2n) is 2.16. The minimum atomic E-state index is 0.412. The Morgan fingerprint density at radius 2 is 2.18 bits per heavy atom. The molecule has 0 saturated heterocycles. The summed E-state index contributed by atoms with van der Waals surface area (Å²) in [7, 11) is 0. The van der Waals surface area contributed by atoms with Crippen molar-refractivity contribution in [3.05, 3.63) is 34.3 Å². The molecule has 0 bridgehead atoms. The summed E-state index contributed by atoms with van der Waals surface area (Å²) < 4.78 is 0. The molecule has 0 aliphatic carbocycles. The Hall–Kier alpha value is -1.04. The van der Waals surface area contributed by atoms with Crippen LogP contribution in [0.15, 0.2) is 18.2 Å². The molecule has 0 atom stereocenters. The van der Waals surface area contributed by atoms with Crippen LogP contribution in [0.5, 0.6) is 0 Å². The molecule has 1 aromatic rings. The third kappa shape index (κ3) is 1.94. The smallest absolute Gasteiger partial charge is 0.0992 e. The van der Waals surface area contributed by atoms with E-state index in [4.69, 9.17) is 22.6 Å². The van der Waals surface area contributed by atoms with E-state index in [1.54, 1.807) is 18.2 Å². The van der Waals surface area contributed by atoms with Crippen molar-refractivity contribution < 1.29 is 0 Å². The minimum absolute atomic E-state index is 0.412. The summed E-state index contributed by atoms with van der Waals surface area (Å²) in [6, 6.07) is 7.09. The summed E-state index contributed by atoms with van der Waals surface area (Å²) in [5.74, 6) is 0. The number of nitrogens with two attached hydrogens (primary N) is 1. The summed E-state index contributed by atoms with van der Waals surface area (Å²) in [5, 5.41) is 9.09. The molecule has 11 heavy (non-hydrogen) atoms. The molecule has 0 aliphatic heterocycles. The van der Waals surface area contributed by atoms with Crippen LogP contribution in [0.1, 0.15) is 11.1 Å². The predicted octanol–water partition coefficient (Wildman–Crippen LogP) is 1.67. The van der Waals surface area contributed by atoms with E-state index in [9.17, 15) is 0 Å². The average Bonchev–Trinajstić information content (AvgIpc) is 2.03. The standard InChI is InChI=1S/C8H7ClN2/c9-8-2-6(4-10)1-7(3-8)5-11/h1-3H,4,10H2. The van der Waals surface area contributed by atoms with Gasteiger partial charge in [0.2, 0.25) is 0 Å². The highest BCUT2D eigenvalue weighted by atomic mass is 35.5. The van der Waals surface area contributed by atoms with Crippen molar-refractivity contribution in [3.8, 4) is 6.07 Å². The molecule has 0 fully saturated rings. The van der Waals surface area contributed by atoms with E-state index in [0.717, 1.165) is 5.56 Å². The summed E-state index contributed by atoms with van der Waals surface area (Å²) >= 11 is 5.70. The zero-order valence-corrected chi connectivity index (χ0v) is 6.60. The number of rotatable bonds is 1. The van der Waals surface area contributed by atoms with Crippen molar-refractivity contribution in [2.45, 2.75) is 6.54 Å². The van der Waals surface area contributed by atoms with Gasteiger partial charge in [0.15, 0.2) is 0 Å². The van der Waals surface area contributed by atoms with Crippen LogP contribution in [-0.2, 0) is 6.54 Å². The molecule has 0 amide bonds. The fourth-order valence-electron chi connectivity index (χ4n) is 0.833. The number of halogens is 1. The maximum Gasteiger partial charge on any atom is 0.0992 e. The Morgan fingerprint density at radius 3 is 2.73 bits per heavy atom. The van der Waals surface area contributed by atoms with Crippen LogP contribution in [0, 0.1) is 11.3 Å². The largest absolute Gasteiger partial charge is 0.326 e. The lowest BCUT2D eigenvalue weighted by molar-refractivity contribution is 1.07. The van der Waals surface area contributed by atoms with E-state index >= 15 is 0 Å². The Labute approximate surface area is 70.2 Å². The first-order valence-corrected chi connectivity index (χ1v) is 3.53. The molecule has 1 rings (SSSR count). The number of benzene rings is 1. The van der Waals surface area contributed by atoms with Crippen LogP contribution in [-0.4, -0.2) is 0 Å². The zero-order valence-electron chi connectivity index (χ0n) is 5.84. The highest BCUT2D eigenvalue weighted by molar-refractivity contribution is 6.30. The van der Waals surface area contributed by atoms with Gasteiger partial charge >= 0.3 is 0 Å². The van der Waals surface area contributed by atoms with Gasteiger partial charge in [0, 0.05) is 11.6 Å². The van der Waals surface area contributed by atoms with Crippen LogP contribution in [0.4, 0.5) is 0 Å². The molecule has 1 aromatic carbocycles. The first kappa shape index (κ1) is 8.06. The Kier molecular flexibility index (Phi) is 2.48. The second-order valence-corrected chi connectivity index (χ2v) is 2.60. The lowest BCUT2D eigenvalue weighted by Crippen LogP contribution is -1.96. The molecule has 2 N–H and O–H groups in total. The quantitative estimate of drug-likeness (QED) is 0.690. The topological polar surface area (TPSA) is 49.8 Å². The van der Waals surface area contributed by atoms with Crippen LogP contribution < -0.4 is 5.73 Å². The van der Waals surface area contributed by atoms with Gasteiger partial charge in [-0.15, -0.1) is 0 Å². The van der Waals surface area contributed by atoms with Crippen molar-refractivity contribution >= 4 is 11.6 Å². The molecule has 0 spiro atoms. The third-order valence-electron chi connectivity index (χ3n) is 1.32. The van der Waals surface area contributed by atoms with Crippen LogP contribution in [0.3, 0.4) is 0 Å². The van der Waals surface area contributed by atoms with E-state index in [-0.39, 0.29) is 0 Å². The molecular weight excluding hydrogens is 160 g/mol. The van der Waals surface area contributed by atoms with Gasteiger partial charge in [-0.3, -0.25) is 0 Å². The van der Waals surface area contributed by atoms with Crippen LogP contribution >= 0.6 is 11.6 Å². The van der Waals surface area contributed by atoms with E-state index < -0.39 is 0 Å². The first-order chi connectivity index (χ1) is 5.26. The van der Waals surface area contributed by atoms with Crippen molar-refractivity contribution in [1.29, 1.82) is 5.26 Å². The van der Waals surface area contributed by atoms with Crippen molar-refractivity contribution in [3.63, 3.8) is 0 Å².